The number of fused-ring (bicyclic) bond motifs is 1. The third-order valence-electron chi connectivity index (χ3n) is 7.49. The van der Waals surface area contributed by atoms with E-state index in [4.69, 9.17) is 9.41 Å². The summed E-state index contributed by atoms with van der Waals surface area (Å²) in [5.74, 6) is 0.0124. The average Bonchev–Trinajstić information content (AvgIpc) is 3.58. The number of thiazole rings is 1. The molecule has 1 saturated carbocycles. The highest BCUT2D eigenvalue weighted by Gasteiger charge is 2.66. The molecule has 0 unspecified atom stereocenters. The van der Waals surface area contributed by atoms with E-state index in [1.165, 1.54) is 0 Å². The molecule has 14 heteroatoms. The zero-order valence-electron chi connectivity index (χ0n) is 23.1. The van der Waals surface area contributed by atoms with Crippen LogP contribution in [0.25, 0.3) is 22.0 Å². The molecule has 222 valence electrons. The summed E-state index contributed by atoms with van der Waals surface area (Å²) in [5.41, 5.74) is 1.24. The predicted octanol–water partition coefficient (Wildman–Crippen LogP) is 6.03. The number of benzene rings is 2. The number of carbonyl (C=O) groups is 1. The highest BCUT2D eigenvalue weighted by atomic mass is 32.1. The van der Waals surface area contributed by atoms with Crippen LogP contribution in [0.15, 0.2) is 76.4 Å². The lowest BCUT2D eigenvalue weighted by atomic mass is 10.0. The largest absolute Gasteiger partial charge is 0.402 e. The van der Waals surface area contributed by atoms with Crippen molar-refractivity contribution in [3.8, 4) is 22.0 Å². The Morgan fingerprint density at radius 2 is 1.75 bits per heavy atom. The van der Waals surface area contributed by atoms with Gasteiger partial charge < -0.3 is 15.1 Å². The molecular weight excluding hydrogens is 593 g/mol. The monoisotopic (exact) mass is 616 g/mol. The lowest BCUT2D eigenvalue weighted by molar-refractivity contribution is -0.160. The van der Waals surface area contributed by atoms with E-state index in [2.05, 4.69) is 35.8 Å². The van der Waals surface area contributed by atoms with Gasteiger partial charge in [-0.15, -0.1) is 16.4 Å². The van der Waals surface area contributed by atoms with Gasteiger partial charge in [-0.25, -0.2) is 19.9 Å². The van der Waals surface area contributed by atoms with Crippen molar-refractivity contribution in [3.05, 3.63) is 88.9 Å². The fourth-order valence-corrected chi connectivity index (χ4v) is 6.24. The molecule has 1 aliphatic carbocycles. The van der Waals surface area contributed by atoms with Gasteiger partial charge in [0.05, 0.1) is 16.3 Å². The second-order valence-electron chi connectivity index (χ2n) is 10.4. The normalized spacial score (nSPS) is 17.3. The first kappa shape index (κ1) is 27.8. The van der Waals surface area contributed by atoms with Crippen molar-refractivity contribution in [1.29, 1.82) is 0 Å². The Bertz CT molecular complexity index is 1880. The van der Waals surface area contributed by atoms with Gasteiger partial charge in [0.2, 0.25) is 6.17 Å². The standard InChI is InChI=1S/C30H23F3N8O2S/c1-2-20-34-14-17(15-35-20)23-22(38-27(44-23)29(12-13-29)30(31,32)33)26-40-41-28(43-26)39-24-25(42)36-19-11-7-6-10-18(19)21(37-24)16-8-4-3-5-9-16/h3-11,14-15,24H,2,12-13H2,1H3,(H,36,42)(H,39,41)/t24-/m0/s1. The van der Waals surface area contributed by atoms with Crippen molar-refractivity contribution in [3.63, 3.8) is 0 Å². The number of para-hydroxylation sites is 1. The van der Waals surface area contributed by atoms with Crippen molar-refractivity contribution in [2.75, 3.05) is 10.6 Å². The SMILES string of the molecule is CCc1ncc(-c2sc(C3(C(F)(F)F)CC3)nc2-c2nnc(N[C@@H]3N=C(c4ccccc4)c4ccccc4NC3=O)o2)cn1. The van der Waals surface area contributed by atoms with Gasteiger partial charge in [-0.1, -0.05) is 60.6 Å². The molecule has 0 bridgehead atoms. The van der Waals surface area contributed by atoms with Gasteiger partial charge in [0, 0.05) is 35.5 Å². The molecule has 7 rings (SSSR count). The second kappa shape index (κ2) is 10.6. The summed E-state index contributed by atoms with van der Waals surface area (Å²) >= 11 is 0.911. The molecule has 2 aromatic carbocycles. The van der Waals surface area contributed by atoms with Crippen LogP contribution < -0.4 is 10.6 Å². The molecule has 2 N–H and O–H groups in total. The first-order valence-electron chi connectivity index (χ1n) is 13.8. The predicted molar refractivity (Wildman–Crippen MR) is 157 cm³/mol. The van der Waals surface area contributed by atoms with Crippen LogP contribution in [-0.4, -0.2) is 49.1 Å². The van der Waals surface area contributed by atoms with Crippen molar-refractivity contribution in [1.82, 2.24) is 25.1 Å². The number of nitrogens with one attached hydrogen (secondary N) is 2. The minimum absolute atomic E-state index is 0.0499. The molecule has 1 fully saturated rings. The van der Waals surface area contributed by atoms with Crippen LogP contribution in [0.4, 0.5) is 24.9 Å². The summed E-state index contributed by atoms with van der Waals surface area (Å²) in [6.45, 7) is 1.90. The van der Waals surface area contributed by atoms with Gasteiger partial charge in [-0.05, 0) is 18.9 Å². The molecule has 0 radical (unpaired) electrons. The number of hydrogen-bond acceptors (Lipinski definition) is 10. The van der Waals surface area contributed by atoms with Crippen LogP contribution >= 0.6 is 11.3 Å². The summed E-state index contributed by atoms with van der Waals surface area (Å²) in [7, 11) is 0. The van der Waals surface area contributed by atoms with Gasteiger partial charge >= 0.3 is 12.2 Å². The van der Waals surface area contributed by atoms with Gasteiger partial charge in [0.1, 0.15) is 21.9 Å². The van der Waals surface area contributed by atoms with E-state index in [1.54, 1.807) is 18.5 Å². The molecular formula is C30H23F3N8O2S. The number of halogens is 3. The molecule has 2 aliphatic rings. The Balaban J connectivity index is 1.25. The Morgan fingerprint density at radius 3 is 2.45 bits per heavy atom. The summed E-state index contributed by atoms with van der Waals surface area (Å²) < 4.78 is 48.0. The van der Waals surface area contributed by atoms with Crippen molar-refractivity contribution < 1.29 is 22.4 Å². The zero-order chi connectivity index (χ0) is 30.5. The Morgan fingerprint density at radius 1 is 1.02 bits per heavy atom. The number of benzodiazepines with no additional fused rings is 1. The zero-order valence-corrected chi connectivity index (χ0v) is 23.9. The van der Waals surface area contributed by atoms with Gasteiger partial charge in [-0.3, -0.25) is 4.79 Å². The third-order valence-corrected chi connectivity index (χ3v) is 8.80. The number of rotatable bonds is 7. The summed E-state index contributed by atoms with van der Waals surface area (Å²) in [6, 6.07) is 16.6. The second-order valence-corrected chi connectivity index (χ2v) is 11.4. The van der Waals surface area contributed by atoms with Gasteiger partial charge in [-0.2, -0.15) is 13.2 Å². The molecule has 0 saturated heterocycles. The number of nitrogens with zero attached hydrogens (tertiary/aromatic N) is 6. The molecule has 3 aromatic heterocycles. The van der Waals surface area contributed by atoms with E-state index in [0.717, 1.165) is 22.5 Å². The molecule has 1 amide bonds. The summed E-state index contributed by atoms with van der Waals surface area (Å²) in [5, 5.41) is 13.8. The van der Waals surface area contributed by atoms with Crippen molar-refractivity contribution in [2.24, 2.45) is 4.99 Å². The number of hydrogen-bond donors (Lipinski definition) is 2. The van der Waals surface area contributed by atoms with Crippen LogP contribution in [0.5, 0.6) is 0 Å². The molecule has 1 aliphatic heterocycles. The number of aliphatic imine (C=N–C) groups is 1. The maximum Gasteiger partial charge on any atom is 0.400 e. The quantitative estimate of drug-likeness (QED) is 0.227. The summed E-state index contributed by atoms with van der Waals surface area (Å²) in [6.07, 6.45) is -2.03. The fraction of sp³-hybridized carbons (Fsp3) is 0.233. The molecule has 1 atom stereocenters. The van der Waals surface area contributed by atoms with E-state index in [1.807, 2.05) is 55.5 Å². The lowest BCUT2D eigenvalue weighted by Gasteiger charge is -2.15. The van der Waals surface area contributed by atoms with Gasteiger partial charge in [0.25, 0.3) is 11.8 Å². The van der Waals surface area contributed by atoms with Crippen LogP contribution in [0, 0.1) is 0 Å². The average molecular weight is 617 g/mol. The molecule has 4 heterocycles. The maximum atomic E-state index is 14.0. The number of alkyl halides is 3. The molecule has 44 heavy (non-hydrogen) atoms. The number of carbonyl (C=O) groups excluding carboxylic acids is 1. The van der Waals surface area contributed by atoms with Crippen molar-refractivity contribution >= 4 is 34.7 Å². The van der Waals surface area contributed by atoms with E-state index in [9.17, 15) is 18.0 Å². The van der Waals surface area contributed by atoms with Crippen molar-refractivity contribution in [2.45, 2.75) is 43.9 Å². The molecule has 5 aromatic rings. The highest BCUT2D eigenvalue weighted by Crippen LogP contribution is 2.61. The van der Waals surface area contributed by atoms with E-state index in [-0.39, 0.29) is 35.4 Å². The van der Waals surface area contributed by atoms with Crippen LogP contribution in [0.3, 0.4) is 0 Å². The third kappa shape index (κ3) is 4.90. The lowest BCUT2D eigenvalue weighted by Crippen LogP contribution is -2.32. The maximum absolute atomic E-state index is 14.0. The fourth-order valence-electron chi connectivity index (χ4n) is 4.94. The Hall–Kier alpha value is -4.98. The number of anilines is 2. The van der Waals surface area contributed by atoms with E-state index < -0.39 is 23.7 Å². The summed E-state index contributed by atoms with van der Waals surface area (Å²) in [4.78, 5) is 31.3. The van der Waals surface area contributed by atoms with Crippen LogP contribution in [0.1, 0.15) is 41.7 Å². The van der Waals surface area contributed by atoms with Crippen LogP contribution in [0.2, 0.25) is 0 Å². The smallest absolute Gasteiger partial charge is 0.400 e. The first-order valence-corrected chi connectivity index (χ1v) is 14.6. The van der Waals surface area contributed by atoms with Crippen LogP contribution in [-0.2, 0) is 16.6 Å². The first-order chi connectivity index (χ1) is 21.3. The van der Waals surface area contributed by atoms with E-state index >= 15 is 0 Å². The minimum atomic E-state index is -4.46. The number of aromatic nitrogens is 5. The van der Waals surface area contributed by atoms with E-state index in [0.29, 0.717) is 34.1 Å². The Labute approximate surface area is 252 Å². The molecule has 0 spiro atoms. The topological polar surface area (TPSA) is 131 Å². The number of amides is 1. The minimum Gasteiger partial charge on any atom is -0.402 e. The highest BCUT2D eigenvalue weighted by molar-refractivity contribution is 7.15. The molecule has 10 nitrogen and oxygen atoms in total. The van der Waals surface area contributed by atoms with Gasteiger partial charge in [0.15, 0.2) is 0 Å². The number of aryl methyl sites for hydroxylation is 1. The Kier molecular flexibility index (Phi) is 6.72.